The molecule has 2 aromatic rings. The molecular weight excluding hydrogens is 395 g/mol. The zero-order chi connectivity index (χ0) is 15.5. The summed E-state index contributed by atoms with van der Waals surface area (Å²) in [5, 5.41) is 1.70. The van der Waals surface area contributed by atoms with Gasteiger partial charge >= 0.3 is 0 Å². The molecule has 0 aliphatic heterocycles. The summed E-state index contributed by atoms with van der Waals surface area (Å²) < 4.78 is 13.3. The molecule has 0 aliphatic carbocycles. The van der Waals surface area contributed by atoms with Crippen molar-refractivity contribution in [1.82, 2.24) is 0 Å². The molecule has 0 amide bonds. The maximum Gasteiger partial charge on any atom is 0.123 e. The zero-order valence-electron chi connectivity index (χ0n) is 12.3. The fraction of sp³-hybridized carbons (Fsp3) is 0.333. The van der Waals surface area contributed by atoms with Crippen LogP contribution in [-0.4, -0.2) is 10.7 Å². The second-order valence-corrected chi connectivity index (χ2v) is 6.78. The van der Waals surface area contributed by atoms with E-state index in [1.165, 1.54) is 16.7 Å². The van der Waals surface area contributed by atoms with Crippen molar-refractivity contribution in [3.63, 3.8) is 0 Å². The number of alkyl halides is 2. The summed E-state index contributed by atoms with van der Waals surface area (Å²) in [5.41, 5.74) is 4.72. The van der Waals surface area contributed by atoms with Crippen LogP contribution < -0.4 is 0 Å². The van der Waals surface area contributed by atoms with Crippen LogP contribution in [-0.2, 0) is 11.8 Å². The average Bonchev–Trinajstić information content (AvgIpc) is 2.48. The summed E-state index contributed by atoms with van der Waals surface area (Å²) in [6.45, 7) is 4.07. The Morgan fingerprint density at radius 2 is 1.57 bits per heavy atom. The standard InChI is InChI=1S/C18H19Br2F/c1-13-3-6-16(7-4-13)18(11-19,12-20)10-15-5-8-17(21)9-14(15)2/h3-9H,10-12H2,1-2H3. The third kappa shape index (κ3) is 3.75. The highest BCUT2D eigenvalue weighted by Gasteiger charge is 2.31. The molecule has 0 aliphatic rings. The van der Waals surface area contributed by atoms with Crippen molar-refractivity contribution in [3.8, 4) is 0 Å². The Bertz CT molecular complexity index is 601. The normalized spacial score (nSPS) is 11.7. The third-order valence-electron chi connectivity index (χ3n) is 4.01. The van der Waals surface area contributed by atoms with Crippen LogP contribution >= 0.6 is 31.9 Å². The maximum atomic E-state index is 13.3. The van der Waals surface area contributed by atoms with Gasteiger partial charge in [0.25, 0.3) is 0 Å². The summed E-state index contributed by atoms with van der Waals surface area (Å²) in [4.78, 5) is 0. The summed E-state index contributed by atoms with van der Waals surface area (Å²) in [5.74, 6) is -0.171. The Morgan fingerprint density at radius 3 is 2.10 bits per heavy atom. The summed E-state index contributed by atoms with van der Waals surface area (Å²) in [6.07, 6.45) is 0.874. The van der Waals surface area contributed by atoms with Crippen molar-refractivity contribution in [3.05, 3.63) is 70.5 Å². The molecule has 2 aromatic carbocycles. The van der Waals surface area contributed by atoms with Crippen LogP contribution in [0.2, 0.25) is 0 Å². The van der Waals surface area contributed by atoms with Crippen molar-refractivity contribution in [1.29, 1.82) is 0 Å². The second-order valence-electron chi connectivity index (χ2n) is 5.66. The van der Waals surface area contributed by atoms with Gasteiger partial charge in [-0.1, -0.05) is 67.8 Å². The van der Waals surface area contributed by atoms with Crippen LogP contribution in [0.3, 0.4) is 0 Å². The molecule has 0 atom stereocenters. The highest BCUT2D eigenvalue weighted by Crippen LogP contribution is 2.34. The largest absolute Gasteiger partial charge is 0.207 e. The molecule has 3 heteroatoms. The van der Waals surface area contributed by atoms with Gasteiger partial charge in [0, 0.05) is 16.1 Å². The first kappa shape index (κ1) is 16.7. The summed E-state index contributed by atoms with van der Waals surface area (Å²) >= 11 is 7.36. The van der Waals surface area contributed by atoms with E-state index in [4.69, 9.17) is 0 Å². The van der Waals surface area contributed by atoms with Crippen molar-refractivity contribution in [2.24, 2.45) is 0 Å². The highest BCUT2D eigenvalue weighted by molar-refractivity contribution is 9.09. The lowest BCUT2D eigenvalue weighted by atomic mass is 9.78. The molecule has 0 unspecified atom stereocenters. The number of hydrogen-bond donors (Lipinski definition) is 0. The molecule has 0 fully saturated rings. The summed E-state index contributed by atoms with van der Waals surface area (Å²) in [6, 6.07) is 13.7. The first-order chi connectivity index (χ1) is 10.0. The van der Waals surface area contributed by atoms with Gasteiger partial charge in [0.1, 0.15) is 5.82 Å². The molecule has 112 valence electrons. The number of rotatable bonds is 5. The zero-order valence-corrected chi connectivity index (χ0v) is 15.5. The fourth-order valence-electron chi connectivity index (χ4n) is 2.52. The van der Waals surface area contributed by atoms with Crippen molar-refractivity contribution in [2.75, 3.05) is 10.7 Å². The van der Waals surface area contributed by atoms with Crippen LogP contribution in [0.4, 0.5) is 4.39 Å². The molecule has 0 bridgehead atoms. The second kappa shape index (κ2) is 7.06. The topological polar surface area (TPSA) is 0 Å². The molecule has 0 aromatic heterocycles. The Morgan fingerprint density at radius 1 is 0.952 bits per heavy atom. The van der Waals surface area contributed by atoms with Gasteiger partial charge in [0.15, 0.2) is 0 Å². The van der Waals surface area contributed by atoms with E-state index in [2.05, 4.69) is 63.0 Å². The Labute approximate surface area is 143 Å². The number of halogens is 3. The molecule has 0 nitrogen and oxygen atoms in total. The van der Waals surface area contributed by atoms with E-state index in [-0.39, 0.29) is 11.2 Å². The summed E-state index contributed by atoms with van der Waals surface area (Å²) in [7, 11) is 0. The van der Waals surface area contributed by atoms with E-state index in [9.17, 15) is 4.39 Å². The molecule has 21 heavy (non-hydrogen) atoms. The maximum absolute atomic E-state index is 13.3. The minimum absolute atomic E-state index is 0.0315. The number of hydrogen-bond acceptors (Lipinski definition) is 0. The van der Waals surface area contributed by atoms with E-state index in [1.54, 1.807) is 12.1 Å². The lowest BCUT2D eigenvalue weighted by molar-refractivity contribution is 0.547. The fourth-order valence-corrected chi connectivity index (χ4v) is 4.49. The van der Waals surface area contributed by atoms with Crippen LogP contribution in [0.5, 0.6) is 0 Å². The molecule has 0 saturated carbocycles. The molecule has 0 radical (unpaired) electrons. The van der Waals surface area contributed by atoms with Gasteiger partial charge in [-0.2, -0.15) is 0 Å². The number of aryl methyl sites for hydroxylation is 2. The quantitative estimate of drug-likeness (QED) is 0.550. The first-order valence-electron chi connectivity index (χ1n) is 6.95. The van der Waals surface area contributed by atoms with E-state index in [0.717, 1.165) is 22.6 Å². The molecule has 0 saturated heterocycles. The van der Waals surface area contributed by atoms with Crippen LogP contribution in [0.1, 0.15) is 22.3 Å². The van der Waals surface area contributed by atoms with Crippen molar-refractivity contribution < 1.29 is 4.39 Å². The Kier molecular flexibility index (Phi) is 5.61. The van der Waals surface area contributed by atoms with Crippen LogP contribution in [0, 0.1) is 19.7 Å². The van der Waals surface area contributed by atoms with Gasteiger partial charge in [-0.25, -0.2) is 4.39 Å². The molecule has 0 N–H and O–H groups in total. The minimum Gasteiger partial charge on any atom is -0.207 e. The van der Waals surface area contributed by atoms with Gasteiger partial charge in [0.05, 0.1) is 0 Å². The third-order valence-corrected chi connectivity index (χ3v) is 6.16. The van der Waals surface area contributed by atoms with E-state index >= 15 is 0 Å². The smallest absolute Gasteiger partial charge is 0.123 e. The van der Waals surface area contributed by atoms with Gasteiger partial charge in [-0.15, -0.1) is 0 Å². The van der Waals surface area contributed by atoms with Gasteiger partial charge in [0.2, 0.25) is 0 Å². The van der Waals surface area contributed by atoms with E-state index < -0.39 is 0 Å². The molecular formula is C18H19Br2F. The highest BCUT2D eigenvalue weighted by atomic mass is 79.9. The minimum atomic E-state index is -0.171. The Balaban J connectivity index is 2.40. The van der Waals surface area contributed by atoms with Gasteiger partial charge < -0.3 is 0 Å². The van der Waals surface area contributed by atoms with E-state index in [0.29, 0.717) is 0 Å². The lowest BCUT2D eigenvalue weighted by Gasteiger charge is -2.31. The van der Waals surface area contributed by atoms with Gasteiger partial charge in [-0.3, -0.25) is 0 Å². The molecule has 0 heterocycles. The lowest BCUT2D eigenvalue weighted by Crippen LogP contribution is -2.33. The van der Waals surface area contributed by atoms with Gasteiger partial charge in [-0.05, 0) is 49.1 Å². The average molecular weight is 414 g/mol. The predicted octanol–water partition coefficient (Wildman–Crippen LogP) is 5.71. The Hall–Kier alpha value is -0.670. The molecule has 2 rings (SSSR count). The number of benzene rings is 2. The van der Waals surface area contributed by atoms with Crippen molar-refractivity contribution in [2.45, 2.75) is 25.7 Å². The predicted molar refractivity (Wildman–Crippen MR) is 95.3 cm³/mol. The van der Waals surface area contributed by atoms with E-state index in [1.807, 2.05) is 13.0 Å². The first-order valence-corrected chi connectivity index (χ1v) is 9.19. The van der Waals surface area contributed by atoms with Crippen molar-refractivity contribution >= 4 is 31.9 Å². The van der Waals surface area contributed by atoms with Crippen LogP contribution in [0.25, 0.3) is 0 Å². The molecule has 0 spiro atoms. The monoisotopic (exact) mass is 412 g/mol. The van der Waals surface area contributed by atoms with Crippen LogP contribution in [0.15, 0.2) is 42.5 Å². The SMILES string of the molecule is Cc1ccc(C(CBr)(CBr)Cc2ccc(F)cc2C)cc1.